The molecule has 2 aliphatic rings. The van der Waals surface area contributed by atoms with Gasteiger partial charge in [-0.05, 0) is 68.8 Å². The number of halogens is 1. The van der Waals surface area contributed by atoms with Gasteiger partial charge in [-0.3, -0.25) is 9.69 Å². The summed E-state index contributed by atoms with van der Waals surface area (Å²) in [5.41, 5.74) is 0.519. The predicted octanol–water partition coefficient (Wildman–Crippen LogP) is 3.81. The fourth-order valence-electron chi connectivity index (χ4n) is 4.41. The number of carbonyl (C=O) groups excluding carboxylic acids is 1. The zero-order valence-electron chi connectivity index (χ0n) is 16.1. The van der Waals surface area contributed by atoms with Crippen molar-refractivity contribution in [1.82, 2.24) is 10.2 Å². The maximum atomic E-state index is 13.0. The second-order valence-electron chi connectivity index (χ2n) is 8.21. The van der Waals surface area contributed by atoms with Crippen LogP contribution in [0.25, 0.3) is 0 Å². The van der Waals surface area contributed by atoms with Gasteiger partial charge in [0, 0.05) is 0 Å². The van der Waals surface area contributed by atoms with Crippen LogP contribution in [-0.2, 0) is 11.2 Å². The lowest BCUT2D eigenvalue weighted by molar-refractivity contribution is -0.124. The molecule has 0 spiro atoms. The van der Waals surface area contributed by atoms with Gasteiger partial charge in [0.05, 0.1) is 12.6 Å². The summed E-state index contributed by atoms with van der Waals surface area (Å²) in [5, 5.41) is 12.7. The molecule has 0 unspecified atom stereocenters. The van der Waals surface area contributed by atoms with Crippen LogP contribution in [0.2, 0.25) is 0 Å². The molecular weight excluding hydrogens is 341 g/mol. The fourth-order valence-corrected chi connectivity index (χ4v) is 4.41. The molecule has 1 amide bonds. The number of benzene rings is 1. The molecule has 2 fully saturated rings. The first kappa shape index (κ1) is 19.8. The number of nitrogens with zero attached hydrogens (tertiary/aromatic N) is 2. The minimum atomic E-state index is -0.658. The molecule has 1 aliphatic carbocycles. The third-order valence-corrected chi connectivity index (χ3v) is 6.06. The van der Waals surface area contributed by atoms with Gasteiger partial charge >= 0.3 is 0 Å². The highest BCUT2D eigenvalue weighted by Crippen LogP contribution is 2.27. The molecule has 1 saturated carbocycles. The summed E-state index contributed by atoms with van der Waals surface area (Å²) >= 11 is 0. The Kier molecular flexibility index (Phi) is 6.84. The van der Waals surface area contributed by atoms with Gasteiger partial charge in [-0.15, -0.1) is 0 Å². The number of nitrogens with one attached hydrogen (secondary N) is 1. The van der Waals surface area contributed by atoms with Crippen molar-refractivity contribution in [3.05, 3.63) is 35.6 Å². The lowest BCUT2D eigenvalue weighted by atomic mass is 9.90. The molecule has 4 nitrogen and oxygen atoms in total. The van der Waals surface area contributed by atoms with Crippen LogP contribution in [0, 0.1) is 23.1 Å². The number of rotatable bonds is 5. The number of piperidine rings is 1. The highest BCUT2D eigenvalue weighted by atomic mass is 19.1. The summed E-state index contributed by atoms with van der Waals surface area (Å²) < 4.78 is 13.0. The maximum absolute atomic E-state index is 13.0. The molecule has 1 N–H and O–H groups in total. The van der Waals surface area contributed by atoms with Crippen molar-refractivity contribution < 1.29 is 9.18 Å². The number of carbonyl (C=O) groups is 1. The van der Waals surface area contributed by atoms with Crippen molar-refractivity contribution in [2.24, 2.45) is 5.92 Å². The molecule has 0 atom stereocenters. The minimum absolute atomic E-state index is 0.0181. The lowest BCUT2D eigenvalue weighted by Crippen LogP contribution is -2.51. The van der Waals surface area contributed by atoms with Gasteiger partial charge in [-0.2, -0.15) is 5.26 Å². The Morgan fingerprint density at radius 1 is 1.15 bits per heavy atom. The Balaban J connectivity index is 1.43. The molecule has 1 heterocycles. The summed E-state index contributed by atoms with van der Waals surface area (Å²) in [5.74, 6) is 0.376. The second-order valence-corrected chi connectivity index (χ2v) is 8.21. The molecular formula is C22H30FN3O. The van der Waals surface area contributed by atoms with Crippen LogP contribution in [0.3, 0.4) is 0 Å². The molecule has 0 radical (unpaired) electrons. The average molecular weight is 372 g/mol. The lowest BCUT2D eigenvalue weighted by Gasteiger charge is -2.33. The van der Waals surface area contributed by atoms with Crippen LogP contribution in [0.15, 0.2) is 24.3 Å². The van der Waals surface area contributed by atoms with E-state index in [1.54, 1.807) is 0 Å². The number of nitriles is 1. The Morgan fingerprint density at radius 3 is 2.37 bits per heavy atom. The van der Waals surface area contributed by atoms with Gasteiger partial charge < -0.3 is 5.32 Å². The predicted molar refractivity (Wildman–Crippen MR) is 103 cm³/mol. The summed E-state index contributed by atoms with van der Waals surface area (Å²) in [6.07, 6.45) is 8.96. The Hall–Kier alpha value is -1.93. The van der Waals surface area contributed by atoms with E-state index < -0.39 is 5.54 Å². The van der Waals surface area contributed by atoms with E-state index in [1.807, 2.05) is 12.1 Å². The third-order valence-electron chi connectivity index (χ3n) is 6.06. The first-order valence-electron chi connectivity index (χ1n) is 10.3. The number of hydrogen-bond donors (Lipinski definition) is 1. The molecule has 0 bridgehead atoms. The summed E-state index contributed by atoms with van der Waals surface area (Å²) in [6, 6.07) is 9.16. The number of likely N-dealkylation sites (tertiary alicyclic amines) is 1. The van der Waals surface area contributed by atoms with E-state index in [-0.39, 0.29) is 11.7 Å². The van der Waals surface area contributed by atoms with Gasteiger partial charge in [0.2, 0.25) is 5.91 Å². The van der Waals surface area contributed by atoms with Crippen LogP contribution in [-0.4, -0.2) is 36.0 Å². The van der Waals surface area contributed by atoms with Gasteiger partial charge in [-0.1, -0.05) is 37.8 Å². The quantitative estimate of drug-likeness (QED) is 0.801. The Labute approximate surface area is 161 Å². The number of hydrogen-bond acceptors (Lipinski definition) is 3. The molecule has 5 heteroatoms. The molecule has 3 rings (SSSR count). The molecule has 1 aromatic rings. The fraction of sp³-hybridized carbons (Fsp3) is 0.636. The average Bonchev–Trinajstić information content (AvgIpc) is 2.91. The van der Waals surface area contributed by atoms with Crippen molar-refractivity contribution in [3.8, 4) is 6.07 Å². The van der Waals surface area contributed by atoms with Gasteiger partial charge in [-0.25, -0.2) is 4.39 Å². The highest BCUT2D eigenvalue weighted by Gasteiger charge is 2.33. The zero-order chi connectivity index (χ0) is 19.1. The highest BCUT2D eigenvalue weighted by molar-refractivity contribution is 5.79. The molecule has 146 valence electrons. The van der Waals surface area contributed by atoms with Crippen molar-refractivity contribution in [1.29, 1.82) is 5.26 Å². The topological polar surface area (TPSA) is 56.1 Å². The van der Waals surface area contributed by atoms with E-state index in [1.165, 1.54) is 17.7 Å². The molecule has 1 aromatic carbocycles. The molecule has 1 saturated heterocycles. The monoisotopic (exact) mass is 371 g/mol. The van der Waals surface area contributed by atoms with Crippen molar-refractivity contribution in [3.63, 3.8) is 0 Å². The molecule has 1 aliphatic heterocycles. The largest absolute Gasteiger partial charge is 0.337 e. The SMILES string of the molecule is N#CC1(NC(=O)CN2CCC(Cc3ccc(F)cc3)CC2)CCCCCC1. The van der Waals surface area contributed by atoms with Crippen LogP contribution >= 0.6 is 0 Å². The molecule has 0 aromatic heterocycles. The van der Waals surface area contributed by atoms with Crippen LogP contribution < -0.4 is 5.32 Å². The van der Waals surface area contributed by atoms with Crippen LogP contribution in [0.4, 0.5) is 4.39 Å². The standard InChI is InChI=1S/C22H30FN3O/c23-20-7-5-18(6-8-20)15-19-9-13-26(14-10-19)16-21(27)25-22(17-24)11-3-1-2-4-12-22/h5-8,19H,1-4,9-16H2,(H,25,27). The van der Waals surface area contributed by atoms with Crippen molar-refractivity contribution >= 4 is 5.91 Å². The van der Waals surface area contributed by atoms with Crippen molar-refractivity contribution in [2.75, 3.05) is 19.6 Å². The minimum Gasteiger partial charge on any atom is -0.337 e. The smallest absolute Gasteiger partial charge is 0.235 e. The van der Waals surface area contributed by atoms with E-state index in [0.717, 1.165) is 70.9 Å². The summed E-state index contributed by atoms with van der Waals surface area (Å²) in [6.45, 7) is 2.18. The summed E-state index contributed by atoms with van der Waals surface area (Å²) in [4.78, 5) is 14.7. The van der Waals surface area contributed by atoms with Crippen LogP contribution in [0.5, 0.6) is 0 Å². The van der Waals surface area contributed by atoms with E-state index in [2.05, 4.69) is 16.3 Å². The third kappa shape index (κ3) is 5.77. The maximum Gasteiger partial charge on any atom is 0.235 e. The van der Waals surface area contributed by atoms with E-state index in [0.29, 0.717) is 12.5 Å². The normalized spacial score (nSPS) is 21.2. The van der Waals surface area contributed by atoms with Crippen LogP contribution in [0.1, 0.15) is 56.9 Å². The Bertz CT molecular complexity index is 651. The van der Waals surface area contributed by atoms with Crippen molar-refractivity contribution in [2.45, 2.75) is 63.3 Å². The Morgan fingerprint density at radius 2 is 1.78 bits per heavy atom. The first-order valence-corrected chi connectivity index (χ1v) is 10.3. The van der Waals surface area contributed by atoms with E-state index >= 15 is 0 Å². The van der Waals surface area contributed by atoms with Gasteiger partial charge in [0.1, 0.15) is 11.4 Å². The molecule has 27 heavy (non-hydrogen) atoms. The first-order chi connectivity index (χ1) is 13.1. The van der Waals surface area contributed by atoms with Gasteiger partial charge in [0.25, 0.3) is 0 Å². The second kappa shape index (κ2) is 9.32. The van der Waals surface area contributed by atoms with Gasteiger partial charge in [0.15, 0.2) is 0 Å². The van der Waals surface area contributed by atoms with E-state index in [9.17, 15) is 14.4 Å². The van der Waals surface area contributed by atoms with E-state index in [4.69, 9.17) is 0 Å². The zero-order valence-corrected chi connectivity index (χ0v) is 16.1. The summed E-state index contributed by atoms with van der Waals surface area (Å²) in [7, 11) is 0. The number of amides is 1.